The summed E-state index contributed by atoms with van der Waals surface area (Å²) in [6.45, 7) is 2.22. The van der Waals surface area contributed by atoms with Gasteiger partial charge in [0.15, 0.2) is 0 Å². The number of hydrogen-bond donors (Lipinski definition) is 0. The van der Waals surface area contributed by atoms with E-state index in [1.165, 1.54) is 21.2 Å². The topological polar surface area (TPSA) is 6.48 Å². The Labute approximate surface area is 147 Å². The van der Waals surface area contributed by atoms with Crippen molar-refractivity contribution in [1.82, 2.24) is 4.90 Å². The van der Waals surface area contributed by atoms with E-state index in [9.17, 15) is 0 Å². The molecule has 1 aliphatic heterocycles. The lowest BCUT2D eigenvalue weighted by molar-refractivity contribution is 0.289. The van der Waals surface area contributed by atoms with E-state index < -0.39 is 0 Å². The van der Waals surface area contributed by atoms with Crippen molar-refractivity contribution in [2.75, 3.05) is 19.0 Å². The molecule has 0 bridgehead atoms. The third-order valence-corrected chi connectivity index (χ3v) is 5.15. The zero-order valence-corrected chi connectivity index (χ0v) is 15.3. The van der Waals surface area contributed by atoms with Gasteiger partial charge in [0.05, 0.1) is 17.5 Å². The fourth-order valence-electron chi connectivity index (χ4n) is 2.86. The summed E-state index contributed by atoms with van der Waals surface area (Å²) in [6.07, 6.45) is 1.35. The lowest BCUT2D eigenvalue weighted by atomic mass is 10.1. The third-order valence-electron chi connectivity index (χ3n) is 3.78. The van der Waals surface area contributed by atoms with E-state index in [2.05, 4.69) is 67.2 Å². The summed E-state index contributed by atoms with van der Waals surface area (Å²) in [5.74, 6) is 0. The zero-order chi connectivity index (χ0) is 15.0. The van der Waals surface area contributed by atoms with E-state index in [0.717, 1.165) is 11.4 Å². The molecule has 2 nitrogen and oxygen atoms in total. The van der Waals surface area contributed by atoms with E-state index in [-0.39, 0.29) is 12.4 Å². The van der Waals surface area contributed by atoms with Gasteiger partial charge in [0, 0.05) is 14.8 Å². The summed E-state index contributed by atoms with van der Waals surface area (Å²) in [5, 5.41) is 0.785. The van der Waals surface area contributed by atoms with Crippen LogP contribution >= 0.6 is 35.8 Å². The molecule has 0 fully saturated rings. The van der Waals surface area contributed by atoms with Crippen LogP contribution in [0.2, 0.25) is 5.02 Å². The minimum absolute atomic E-state index is 0. The molecular weight excluding hydrogens is 335 g/mol. The summed E-state index contributed by atoms with van der Waals surface area (Å²) in [5.41, 5.74) is 2.46. The van der Waals surface area contributed by atoms with Crippen LogP contribution in [-0.4, -0.2) is 25.2 Å². The van der Waals surface area contributed by atoms with E-state index in [0.29, 0.717) is 6.17 Å². The molecule has 0 N–H and O–H groups in total. The van der Waals surface area contributed by atoms with E-state index in [1.807, 2.05) is 17.8 Å². The Morgan fingerprint density at radius 3 is 2.45 bits per heavy atom. The van der Waals surface area contributed by atoms with Crippen LogP contribution in [-0.2, 0) is 0 Å². The second-order valence-electron chi connectivity index (χ2n) is 5.40. The van der Waals surface area contributed by atoms with Crippen molar-refractivity contribution in [3.05, 3.63) is 47.5 Å². The maximum Gasteiger partial charge on any atom is 0.0863 e. The first kappa shape index (κ1) is 17.5. The fourth-order valence-corrected chi connectivity index (χ4v) is 4.07. The molecule has 0 saturated carbocycles. The molecule has 22 heavy (non-hydrogen) atoms. The van der Waals surface area contributed by atoms with Gasteiger partial charge in [-0.1, -0.05) is 42.4 Å². The summed E-state index contributed by atoms with van der Waals surface area (Å²) >= 11 is 8.06. The Kier molecular flexibility index (Phi) is 5.67. The lowest BCUT2D eigenvalue weighted by Crippen LogP contribution is -2.43. The van der Waals surface area contributed by atoms with Gasteiger partial charge in [0.2, 0.25) is 0 Å². The highest BCUT2D eigenvalue weighted by atomic mass is 35.5. The van der Waals surface area contributed by atoms with Gasteiger partial charge in [-0.15, -0.1) is 12.4 Å². The molecule has 2 aromatic rings. The monoisotopic (exact) mass is 354 g/mol. The predicted octanol–water partition coefficient (Wildman–Crippen LogP) is 5.66. The van der Waals surface area contributed by atoms with Crippen LogP contribution in [0.25, 0.3) is 0 Å². The Bertz CT molecular complexity index is 661. The first-order chi connectivity index (χ1) is 10.1. The molecule has 0 aliphatic carbocycles. The molecule has 0 aromatic heterocycles. The summed E-state index contributed by atoms with van der Waals surface area (Å²) in [7, 11) is 4.26. The van der Waals surface area contributed by atoms with Crippen molar-refractivity contribution >= 4 is 47.1 Å². The number of fused-ring (bicyclic) bond motifs is 2. The highest BCUT2D eigenvalue weighted by Crippen LogP contribution is 2.49. The molecule has 3 rings (SSSR count). The van der Waals surface area contributed by atoms with Gasteiger partial charge in [-0.25, -0.2) is 0 Å². The van der Waals surface area contributed by atoms with Crippen molar-refractivity contribution in [2.24, 2.45) is 0 Å². The molecule has 0 spiro atoms. The lowest BCUT2D eigenvalue weighted by Gasteiger charge is -2.41. The zero-order valence-electron chi connectivity index (χ0n) is 12.9. The van der Waals surface area contributed by atoms with Crippen LogP contribution < -0.4 is 4.90 Å². The average Bonchev–Trinajstić information content (AvgIpc) is 2.47. The van der Waals surface area contributed by atoms with Crippen molar-refractivity contribution in [2.45, 2.75) is 29.3 Å². The van der Waals surface area contributed by atoms with Crippen LogP contribution in [0, 0.1) is 0 Å². The number of nitrogens with zero attached hydrogens (tertiary/aromatic N) is 2. The largest absolute Gasteiger partial charge is 0.323 e. The quantitative estimate of drug-likeness (QED) is 0.701. The molecule has 118 valence electrons. The van der Waals surface area contributed by atoms with Crippen LogP contribution in [0.4, 0.5) is 11.4 Å². The van der Waals surface area contributed by atoms with E-state index in [4.69, 9.17) is 11.6 Å². The average molecular weight is 355 g/mol. The Balaban J connectivity index is 0.00000176. The molecule has 5 heteroatoms. The molecule has 2 aromatic carbocycles. The minimum Gasteiger partial charge on any atom is -0.323 e. The molecule has 0 amide bonds. The maximum absolute atomic E-state index is 6.25. The summed E-state index contributed by atoms with van der Waals surface area (Å²) in [4.78, 5) is 7.23. The number of halogens is 2. The van der Waals surface area contributed by atoms with Crippen molar-refractivity contribution in [3.8, 4) is 0 Å². The number of rotatable bonds is 3. The normalized spacial score (nSPS) is 14.1. The molecule has 1 unspecified atom stereocenters. The van der Waals surface area contributed by atoms with Crippen molar-refractivity contribution in [1.29, 1.82) is 0 Å². The number of para-hydroxylation sites is 1. The number of anilines is 2. The van der Waals surface area contributed by atoms with E-state index >= 15 is 0 Å². The highest BCUT2D eigenvalue weighted by Gasteiger charge is 2.29. The van der Waals surface area contributed by atoms with Gasteiger partial charge >= 0.3 is 0 Å². The molecule has 1 atom stereocenters. The van der Waals surface area contributed by atoms with Gasteiger partial charge in [0.1, 0.15) is 0 Å². The maximum atomic E-state index is 6.25. The van der Waals surface area contributed by atoms with Gasteiger partial charge in [0.25, 0.3) is 0 Å². The predicted molar refractivity (Wildman–Crippen MR) is 99.2 cm³/mol. The Morgan fingerprint density at radius 2 is 1.77 bits per heavy atom. The van der Waals surface area contributed by atoms with Gasteiger partial charge < -0.3 is 4.90 Å². The van der Waals surface area contributed by atoms with Crippen molar-refractivity contribution in [3.63, 3.8) is 0 Å². The van der Waals surface area contributed by atoms with Crippen LogP contribution in [0.5, 0.6) is 0 Å². The molecule has 1 heterocycles. The molecule has 0 saturated heterocycles. The third kappa shape index (κ3) is 3.09. The summed E-state index contributed by atoms with van der Waals surface area (Å²) in [6, 6.07) is 14.7. The van der Waals surface area contributed by atoms with Crippen LogP contribution in [0.3, 0.4) is 0 Å². The first-order valence-electron chi connectivity index (χ1n) is 7.14. The smallest absolute Gasteiger partial charge is 0.0863 e. The highest BCUT2D eigenvalue weighted by molar-refractivity contribution is 7.99. The Hall–Kier alpha value is -0.870. The second kappa shape index (κ2) is 7.14. The van der Waals surface area contributed by atoms with E-state index in [1.54, 1.807) is 0 Å². The number of hydrogen-bond acceptors (Lipinski definition) is 3. The molecule has 0 radical (unpaired) electrons. The first-order valence-corrected chi connectivity index (χ1v) is 8.33. The molecule has 1 aliphatic rings. The Morgan fingerprint density at radius 1 is 1.09 bits per heavy atom. The van der Waals surface area contributed by atoms with Crippen molar-refractivity contribution < 1.29 is 0 Å². The van der Waals surface area contributed by atoms with Gasteiger partial charge in [-0.2, -0.15) is 0 Å². The number of benzene rings is 2. The van der Waals surface area contributed by atoms with Crippen LogP contribution in [0.1, 0.15) is 13.3 Å². The SMILES string of the molecule is CCC(N(C)C)N1c2ccccc2Sc2ccc(Cl)cc21.Cl. The minimum atomic E-state index is 0. The van der Waals surface area contributed by atoms with Gasteiger partial charge in [-0.3, -0.25) is 4.90 Å². The fraction of sp³-hybridized carbons (Fsp3) is 0.294. The summed E-state index contributed by atoms with van der Waals surface area (Å²) < 4.78 is 0. The molecular formula is C17H20Cl2N2S. The standard InChI is InChI=1S/C17H19ClN2S.ClH/c1-4-17(19(2)3)20-13-7-5-6-8-15(13)21-16-10-9-12(18)11-14(16)20;/h5-11,17H,4H2,1-3H3;1H. The second-order valence-corrected chi connectivity index (χ2v) is 6.92. The van der Waals surface area contributed by atoms with Gasteiger partial charge in [-0.05, 0) is 50.8 Å². The van der Waals surface area contributed by atoms with Crippen LogP contribution in [0.15, 0.2) is 52.3 Å².